The molecule has 2 aromatic rings. The van der Waals surface area contributed by atoms with Crippen LogP contribution in [0, 0.1) is 11.8 Å². The van der Waals surface area contributed by atoms with E-state index in [2.05, 4.69) is 51.7 Å². The summed E-state index contributed by atoms with van der Waals surface area (Å²) in [7, 11) is 1.70. The van der Waals surface area contributed by atoms with Crippen LogP contribution in [0.15, 0.2) is 29.5 Å². The number of likely N-dealkylation sites (tertiary alicyclic amines) is 1. The Morgan fingerprint density at radius 2 is 1.81 bits per heavy atom. The van der Waals surface area contributed by atoms with E-state index in [1.165, 1.54) is 4.68 Å². The second-order valence-electron chi connectivity index (χ2n) is 8.92. The van der Waals surface area contributed by atoms with Gasteiger partial charge in [-0.2, -0.15) is 5.10 Å². The Morgan fingerprint density at radius 1 is 1.11 bits per heavy atom. The van der Waals surface area contributed by atoms with E-state index in [1.54, 1.807) is 19.6 Å². The molecule has 0 aliphatic carbocycles. The minimum atomic E-state index is 0.00637. The van der Waals surface area contributed by atoms with Crippen LogP contribution in [0.25, 0.3) is 0 Å². The Hall–Kier alpha value is -2.28. The maximum Gasteiger partial charge on any atom is 0.270 e. The van der Waals surface area contributed by atoms with Crippen molar-refractivity contribution in [3.63, 3.8) is 0 Å². The Kier molecular flexibility index (Phi) is 4.50. The van der Waals surface area contributed by atoms with E-state index in [0.29, 0.717) is 18.4 Å². The van der Waals surface area contributed by atoms with Gasteiger partial charge in [-0.1, -0.05) is 20.8 Å². The van der Waals surface area contributed by atoms with Gasteiger partial charge in [0.25, 0.3) is 5.56 Å². The fourth-order valence-corrected chi connectivity index (χ4v) is 4.25. The molecule has 0 N–H and O–H groups in total. The van der Waals surface area contributed by atoms with Crippen LogP contribution in [-0.4, -0.2) is 50.8 Å². The molecule has 0 radical (unpaired) electrons. The van der Waals surface area contributed by atoms with Gasteiger partial charge in [0.05, 0.1) is 5.69 Å². The van der Waals surface area contributed by atoms with Crippen molar-refractivity contribution in [1.82, 2.24) is 24.6 Å². The molecule has 4 heterocycles. The van der Waals surface area contributed by atoms with Gasteiger partial charge in [0.1, 0.15) is 12.1 Å². The molecule has 4 rings (SSSR count). The summed E-state index contributed by atoms with van der Waals surface area (Å²) >= 11 is 0. The minimum Gasteiger partial charge on any atom is -0.356 e. The van der Waals surface area contributed by atoms with Crippen molar-refractivity contribution in [1.29, 1.82) is 0 Å². The molecule has 0 bridgehead atoms. The number of anilines is 1. The van der Waals surface area contributed by atoms with Crippen LogP contribution < -0.4 is 10.5 Å². The topological polar surface area (TPSA) is 67.2 Å². The van der Waals surface area contributed by atoms with Crippen LogP contribution in [-0.2, 0) is 19.0 Å². The van der Waals surface area contributed by atoms with E-state index in [-0.39, 0.29) is 11.0 Å². The van der Waals surface area contributed by atoms with E-state index in [1.807, 2.05) is 6.07 Å². The molecule has 7 nitrogen and oxygen atoms in total. The zero-order valence-electron chi connectivity index (χ0n) is 16.6. The van der Waals surface area contributed by atoms with Crippen molar-refractivity contribution in [2.24, 2.45) is 18.9 Å². The van der Waals surface area contributed by atoms with E-state index >= 15 is 0 Å². The molecule has 2 aliphatic heterocycles. The predicted octanol–water partition coefficient (Wildman–Crippen LogP) is 1.44. The van der Waals surface area contributed by atoms with Gasteiger partial charge >= 0.3 is 0 Å². The largest absolute Gasteiger partial charge is 0.356 e. The van der Waals surface area contributed by atoms with Gasteiger partial charge in [0.15, 0.2) is 0 Å². The third-order valence-corrected chi connectivity index (χ3v) is 5.79. The van der Waals surface area contributed by atoms with E-state index < -0.39 is 0 Å². The molecule has 2 saturated heterocycles. The van der Waals surface area contributed by atoms with Crippen LogP contribution in [0.1, 0.15) is 32.0 Å². The fraction of sp³-hybridized carbons (Fsp3) is 0.600. The highest BCUT2D eigenvalue weighted by atomic mass is 16.1. The lowest BCUT2D eigenvalue weighted by atomic mass is 9.92. The summed E-state index contributed by atoms with van der Waals surface area (Å²) in [6, 6.07) is 3.98. The normalized spacial score (nSPS) is 23.0. The van der Waals surface area contributed by atoms with Crippen LogP contribution >= 0.6 is 0 Å². The molecule has 27 heavy (non-hydrogen) atoms. The molecule has 2 aliphatic rings. The van der Waals surface area contributed by atoms with Crippen molar-refractivity contribution in [2.75, 3.05) is 31.1 Å². The highest BCUT2D eigenvalue weighted by molar-refractivity contribution is 5.42. The minimum absolute atomic E-state index is 0.00637. The summed E-state index contributed by atoms with van der Waals surface area (Å²) in [5.74, 6) is 2.30. The zero-order valence-corrected chi connectivity index (χ0v) is 16.6. The molecule has 2 unspecified atom stereocenters. The van der Waals surface area contributed by atoms with E-state index in [9.17, 15) is 4.79 Å². The molecule has 0 aromatic carbocycles. The van der Waals surface area contributed by atoms with Gasteiger partial charge in [-0.25, -0.2) is 14.6 Å². The quantitative estimate of drug-likeness (QED) is 0.817. The number of hydrogen-bond acceptors (Lipinski definition) is 6. The van der Waals surface area contributed by atoms with Gasteiger partial charge in [0, 0.05) is 63.0 Å². The standard InChI is InChI=1S/C20H28N6O/c1-20(2,3)17-7-18(22-13-21-17)26-11-15-9-25(10-16(15)12-26)8-14-5-6-23-24(4)19(14)27/h5-7,13,15-16H,8-12H2,1-4H3. The van der Waals surface area contributed by atoms with Crippen LogP contribution in [0.5, 0.6) is 0 Å². The van der Waals surface area contributed by atoms with E-state index in [0.717, 1.165) is 43.3 Å². The number of hydrogen-bond donors (Lipinski definition) is 0. The number of fused-ring (bicyclic) bond motifs is 1. The zero-order chi connectivity index (χ0) is 19.2. The molecular formula is C20H28N6O. The molecule has 144 valence electrons. The molecule has 0 spiro atoms. The number of rotatable bonds is 3. The lowest BCUT2D eigenvalue weighted by Gasteiger charge is -2.24. The van der Waals surface area contributed by atoms with Crippen molar-refractivity contribution < 1.29 is 0 Å². The van der Waals surface area contributed by atoms with Gasteiger partial charge in [-0.15, -0.1) is 0 Å². The molecule has 2 aromatic heterocycles. The first kappa shape index (κ1) is 18.1. The molecule has 2 fully saturated rings. The first-order valence-electron chi connectivity index (χ1n) is 9.62. The van der Waals surface area contributed by atoms with Crippen LogP contribution in [0.2, 0.25) is 0 Å². The number of aromatic nitrogens is 4. The third-order valence-electron chi connectivity index (χ3n) is 5.79. The SMILES string of the molecule is Cn1nccc(CN2CC3CN(c4cc(C(C)(C)C)ncn4)CC3C2)c1=O. The van der Waals surface area contributed by atoms with Gasteiger partial charge < -0.3 is 4.90 Å². The van der Waals surface area contributed by atoms with Crippen LogP contribution in [0.4, 0.5) is 5.82 Å². The fourth-order valence-electron chi connectivity index (χ4n) is 4.25. The maximum atomic E-state index is 12.2. The third kappa shape index (κ3) is 3.60. The van der Waals surface area contributed by atoms with Crippen LogP contribution in [0.3, 0.4) is 0 Å². The van der Waals surface area contributed by atoms with Crippen molar-refractivity contribution in [3.8, 4) is 0 Å². The lowest BCUT2D eigenvalue weighted by molar-refractivity contribution is 0.306. The molecule has 2 atom stereocenters. The smallest absolute Gasteiger partial charge is 0.270 e. The Morgan fingerprint density at radius 3 is 2.48 bits per heavy atom. The highest BCUT2D eigenvalue weighted by Gasteiger charge is 2.40. The Bertz CT molecular complexity index is 873. The molecular weight excluding hydrogens is 340 g/mol. The summed E-state index contributed by atoms with van der Waals surface area (Å²) in [5.41, 5.74) is 1.95. The molecule has 0 saturated carbocycles. The Balaban J connectivity index is 1.41. The number of aryl methyl sites for hydroxylation is 1. The number of nitrogens with zero attached hydrogens (tertiary/aromatic N) is 6. The van der Waals surface area contributed by atoms with Gasteiger partial charge in [0.2, 0.25) is 0 Å². The lowest BCUT2D eigenvalue weighted by Crippen LogP contribution is -2.32. The van der Waals surface area contributed by atoms with Crippen molar-refractivity contribution in [2.45, 2.75) is 32.7 Å². The monoisotopic (exact) mass is 368 g/mol. The maximum absolute atomic E-state index is 12.2. The first-order chi connectivity index (χ1) is 12.8. The van der Waals surface area contributed by atoms with Crippen molar-refractivity contribution in [3.05, 3.63) is 46.3 Å². The Labute approximate surface area is 160 Å². The van der Waals surface area contributed by atoms with Gasteiger partial charge in [-0.3, -0.25) is 9.69 Å². The first-order valence-corrected chi connectivity index (χ1v) is 9.62. The average Bonchev–Trinajstić information content (AvgIpc) is 3.17. The second kappa shape index (κ2) is 6.71. The summed E-state index contributed by atoms with van der Waals surface area (Å²) in [6.45, 7) is 11.4. The average molecular weight is 368 g/mol. The van der Waals surface area contributed by atoms with Gasteiger partial charge in [-0.05, 0) is 17.9 Å². The summed E-state index contributed by atoms with van der Waals surface area (Å²) < 4.78 is 1.41. The second-order valence-corrected chi connectivity index (χ2v) is 8.92. The molecule has 0 amide bonds. The summed E-state index contributed by atoms with van der Waals surface area (Å²) in [4.78, 5) is 26.0. The van der Waals surface area contributed by atoms with Crippen molar-refractivity contribution >= 4 is 5.82 Å². The van der Waals surface area contributed by atoms with E-state index in [4.69, 9.17) is 0 Å². The molecule has 7 heteroatoms. The highest BCUT2D eigenvalue weighted by Crippen LogP contribution is 2.34. The predicted molar refractivity (Wildman–Crippen MR) is 105 cm³/mol. The summed E-state index contributed by atoms with van der Waals surface area (Å²) in [6.07, 6.45) is 3.40. The summed E-state index contributed by atoms with van der Waals surface area (Å²) in [5, 5.41) is 4.01.